The van der Waals surface area contributed by atoms with Gasteiger partial charge in [-0.15, -0.1) is 0 Å². The predicted octanol–water partition coefficient (Wildman–Crippen LogP) is 26.5. The number of phosphoric acid groups is 1. The topological polar surface area (TPSA) is 108 Å². The van der Waals surface area contributed by atoms with Crippen molar-refractivity contribution in [2.24, 2.45) is 0 Å². The number of phosphoric ester groups is 1. The molecule has 9 nitrogen and oxygen atoms in total. The number of unbranched alkanes of at least 4 members (excludes halogenated alkanes) is 51. The number of quaternary nitrogens is 1. The molecule has 0 bridgehead atoms. The van der Waals surface area contributed by atoms with Crippen LogP contribution in [0.1, 0.15) is 399 Å². The van der Waals surface area contributed by atoms with Gasteiger partial charge in [0.2, 0.25) is 0 Å². The van der Waals surface area contributed by atoms with Crippen LogP contribution in [0.5, 0.6) is 0 Å². The number of esters is 2. The van der Waals surface area contributed by atoms with Crippen LogP contribution >= 0.6 is 7.82 Å². The van der Waals surface area contributed by atoms with E-state index in [1.165, 1.54) is 302 Å². The second kappa shape index (κ2) is 73.0. The molecule has 2 unspecified atom stereocenters. The maximum atomic E-state index is 12.9. The van der Waals surface area contributed by atoms with Crippen LogP contribution in [-0.4, -0.2) is 74.9 Å². The van der Waals surface area contributed by atoms with Crippen LogP contribution in [0.15, 0.2) is 60.8 Å². The average Bonchev–Trinajstić information content (AvgIpc) is 2.23. The van der Waals surface area contributed by atoms with E-state index < -0.39 is 26.5 Å². The van der Waals surface area contributed by atoms with Crippen LogP contribution < -0.4 is 0 Å². The van der Waals surface area contributed by atoms with Crippen molar-refractivity contribution in [3.63, 3.8) is 0 Å². The van der Waals surface area contributed by atoms with Crippen molar-refractivity contribution >= 4 is 19.8 Å². The molecule has 0 saturated heterocycles. The fraction of sp³-hybridized carbons (Fsp3) is 0.854. The number of ether oxygens (including phenoxy) is 2. The maximum Gasteiger partial charge on any atom is 0.472 e. The summed E-state index contributed by atoms with van der Waals surface area (Å²) in [6, 6.07) is 0. The molecule has 2 atom stereocenters. The van der Waals surface area contributed by atoms with Crippen LogP contribution in [0.25, 0.3) is 0 Å². The van der Waals surface area contributed by atoms with E-state index in [1.807, 2.05) is 21.1 Å². The maximum absolute atomic E-state index is 12.9. The first kappa shape index (κ1) is 89.7. The zero-order chi connectivity index (χ0) is 66.9. The number of carbonyl (C=O) groups is 2. The van der Waals surface area contributed by atoms with Crippen LogP contribution in [0.2, 0.25) is 0 Å². The zero-order valence-electron chi connectivity index (χ0n) is 61.8. The highest BCUT2D eigenvalue weighted by atomic mass is 31.2. The molecule has 92 heavy (non-hydrogen) atoms. The van der Waals surface area contributed by atoms with Crippen LogP contribution in [0, 0.1) is 0 Å². The van der Waals surface area contributed by atoms with Crippen molar-refractivity contribution in [2.45, 2.75) is 405 Å². The minimum atomic E-state index is -4.39. The van der Waals surface area contributed by atoms with Gasteiger partial charge < -0.3 is 18.9 Å². The summed E-state index contributed by atoms with van der Waals surface area (Å²) in [6.07, 6.45) is 98.0. The Bertz CT molecular complexity index is 1740. The number of allylic oxidation sites excluding steroid dienone is 10. The van der Waals surface area contributed by atoms with Crippen molar-refractivity contribution in [3.05, 3.63) is 60.8 Å². The average molecular weight is 1310 g/mol. The monoisotopic (exact) mass is 1310 g/mol. The summed E-state index contributed by atoms with van der Waals surface area (Å²) in [5.41, 5.74) is 0. The number of carbonyl (C=O) groups excluding carboxylic acids is 2. The first-order valence-electron chi connectivity index (χ1n) is 40.0. The van der Waals surface area contributed by atoms with E-state index in [1.54, 1.807) is 0 Å². The Morgan fingerprint density at radius 3 is 0.924 bits per heavy atom. The summed E-state index contributed by atoms with van der Waals surface area (Å²) in [5.74, 6) is -0.771. The summed E-state index contributed by atoms with van der Waals surface area (Å²) in [7, 11) is 1.50. The van der Waals surface area contributed by atoms with Crippen molar-refractivity contribution < 1.29 is 42.1 Å². The molecule has 0 amide bonds. The lowest BCUT2D eigenvalue weighted by molar-refractivity contribution is -0.870. The lowest BCUT2D eigenvalue weighted by atomic mass is 10.0. The molecule has 0 radical (unpaired) electrons. The molecule has 0 spiro atoms. The molecule has 0 aliphatic carbocycles. The Morgan fingerprint density at radius 2 is 0.620 bits per heavy atom. The second-order valence-corrected chi connectivity index (χ2v) is 29.9. The number of hydrogen-bond acceptors (Lipinski definition) is 7. The van der Waals surface area contributed by atoms with E-state index in [2.05, 4.69) is 74.6 Å². The molecule has 0 aliphatic heterocycles. The largest absolute Gasteiger partial charge is 0.472 e. The van der Waals surface area contributed by atoms with Gasteiger partial charge in [-0.05, 0) is 57.8 Å². The van der Waals surface area contributed by atoms with Crippen molar-refractivity contribution in [1.82, 2.24) is 0 Å². The molecule has 0 heterocycles. The third-order valence-corrected chi connectivity index (χ3v) is 19.0. The van der Waals surface area contributed by atoms with Gasteiger partial charge >= 0.3 is 19.8 Å². The van der Waals surface area contributed by atoms with Gasteiger partial charge in [-0.1, -0.05) is 389 Å². The number of rotatable bonds is 75. The summed E-state index contributed by atoms with van der Waals surface area (Å²) >= 11 is 0. The Balaban J connectivity index is 3.89. The van der Waals surface area contributed by atoms with Gasteiger partial charge in [0.15, 0.2) is 6.10 Å². The molecule has 0 aromatic carbocycles. The molecule has 10 heteroatoms. The quantitative estimate of drug-likeness (QED) is 0.0211. The van der Waals surface area contributed by atoms with E-state index in [0.717, 1.165) is 64.2 Å². The smallest absolute Gasteiger partial charge is 0.462 e. The molecule has 0 aliphatic rings. The van der Waals surface area contributed by atoms with Crippen molar-refractivity contribution in [1.29, 1.82) is 0 Å². The van der Waals surface area contributed by atoms with Crippen LogP contribution in [0.3, 0.4) is 0 Å². The molecule has 0 aromatic rings. The molecular formula is C82H155NO8P+. The van der Waals surface area contributed by atoms with Crippen LogP contribution in [-0.2, 0) is 32.7 Å². The second-order valence-electron chi connectivity index (χ2n) is 28.4. The summed E-state index contributed by atoms with van der Waals surface area (Å²) in [4.78, 5) is 36.0. The van der Waals surface area contributed by atoms with Crippen LogP contribution in [0.4, 0.5) is 0 Å². The highest BCUT2D eigenvalue weighted by Gasteiger charge is 2.27. The van der Waals surface area contributed by atoms with Gasteiger partial charge in [0.25, 0.3) is 0 Å². The lowest BCUT2D eigenvalue weighted by Gasteiger charge is -2.24. The summed E-state index contributed by atoms with van der Waals surface area (Å²) in [5, 5.41) is 0. The summed E-state index contributed by atoms with van der Waals surface area (Å²) in [6.45, 7) is 4.40. The number of likely N-dealkylation sites (N-methyl/N-ethyl adjacent to an activating group) is 1. The third-order valence-electron chi connectivity index (χ3n) is 18.1. The zero-order valence-corrected chi connectivity index (χ0v) is 62.7. The Labute approximate surface area is 572 Å². The standard InChI is InChI=1S/C82H154NO8P/c1-6-8-10-12-14-16-18-20-22-24-26-28-30-32-34-35-36-37-38-39-40-41-42-43-44-45-46-47-49-51-53-55-57-59-61-63-65-67-69-71-73-75-82(85)91-80(79-90-92(86,87)89-77-76-83(3,4)5)78-88-81(84)74-72-70-68-66-64-62-60-58-56-54-52-50-48-33-31-29-27-25-23-21-19-17-15-13-11-9-7-2/h8,10,14,16,20,22,26,28,32,34,80H,6-7,9,11-13,15,17-19,21,23-25,27,29-31,33,35-79H2,1-5H3/p+1/b10-8-,16-14-,22-20-,28-26-,34-32-. The van der Waals surface area contributed by atoms with Crippen molar-refractivity contribution in [2.75, 3.05) is 47.5 Å². The first-order valence-corrected chi connectivity index (χ1v) is 41.5. The van der Waals surface area contributed by atoms with E-state index in [4.69, 9.17) is 18.5 Å². The molecule has 0 saturated carbocycles. The summed E-state index contributed by atoms with van der Waals surface area (Å²) < 4.78 is 34.8. The highest BCUT2D eigenvalue weighted by molar-refractivity contribution is 7.47. The number of nitrogens with zero attached hydrogens (tertiary/aromatic N) is 1. The van der Waals surface area contributed by atoms with Gasteiger partial charge in [0.1, 0.15) is 19.8 Å². The van der Waals surface area contributed by atoms with E-state index >= 15 is 0 Å². The lowest BCUT2D eigenvalue weighted by Crippen LogP contribution is -2.37. The van der Waals surface area contributed by atoms with E-state index in [0.29, 0.717) is 23.9 Å². The predicted molar refractivity (Wildman–Crippen MR) is 400 cm³/mol. The fourth-order valence-corrected chi connectivity index (χ4v) is 12.7. The first-order chi connectivity index (χ1) is 45.0. The minimum Gasteiger partial charge on any atom is -0.462 e. The Morgan fingerprint density at radius 1 is 0.348 bits per heavy atom. The van der Waals surface area contributed by atoms with Gasteiger partial charge in [0, 0.05) is 12.8 Å². The normalized spacial score (nSPS) is 13.3. The molecule has 0 rings (SSSR count). The SMILES string of the molecule is CC/C=C\C/C=C\C/C=C\C/C=C\C/C=C\CCCCCCCCCCCCCCCCCCCCCCCCCCCC(=O)OC(COC(=O)CCCCCCCCCCCCCCCCCCCCCCCCCCCCC)COP(=O)(O)OCC[N+](C)(C)C. The van der Waals surface area contributed by atoms with Gasteiger partial charge in [0.05, 0.1) is 27.7 Å². The fourth-order valence-electron chi connectivity index (χ4n) is 12.0. The highest BCUT2D eigenvalue weighted by Crippen LogP contribution is 2.43. The minimum absolute atomic E-state index is 0.0350. The van der Waals surface area contributed by atoms with Gasteiger partial charge in [-0.2, -0.15) is 0 Å². The molecule has 540 valence electrons. The molecular weight excluding hydrogens is 1160 g/mol. The Kier molecular flexibility index (Phi) is 71.2. The van der Waals surface area contributed by atoms with Gasteiger partial charge in [-0.25, -0.2) is 4.57 Å². The molecule has 1 N–H and O–H groups in total. The third kappa shape index (κ3) is 76.7. The van der Waals surface area contributed by atoms with E-state index in [-0.39, 0.29) is 25.6 Å². The number of hydrogen-bond donors (Lipinski definition) is 1. The Hall–Kier alpha value is -2.29. The molecule has 0 aromatic heterocycles. The molecule has 0 fully saturated rings. The van der Waals surface area contributed by atoms with E-state index in [9.17, 15) is 19.0 Å². The van der Waals surface area contributed by atoms with Crippen molar-refractivity contribution in [3.8, 4) is 0 Å². The van der Waals surface area contributed by atoms with Gasteiger partial charge in [-0.3, -0.25) is 18.6 Å².